The molecule has 2 saturated heterocycles. The van der Waals surface area contributed by atoms with Gasteiger partial charge in [0.15, 0.2) is 0 Å². The second kappa shape index (κ2) is 3.97. The highest BCUT2D eigenvalue weighted by molar-refractivity contribution is 5.88. The van der Waals surface area contributed by atoms with Crippen molar-refractivity contribution in [2.75, 3.05) is 31.1 Å². The summed E-state index contributed by atoms with van der Waals surface area (Å²) < 4.78 is 5.08. The molecule has 1 aromatic rings. The Labute approximate surface area is 112 Å². The van der Waals surface area contributed by atoms with Gasteiger partial charge in [-0.1, -0.05) is 12.1 Å². The van der Waals surface area contributed by atoms with Crippen LogP contribution in [0.3, 0.4) is 0 Å². The summed E-state index contributed by atoms with van der Waals surface area (Å²) in [5.41, 5.74) is 2.76. The van der Waals surface area contributed by atoms with Gasteiger partial charge in [0, 0.05) is 24.2 Å². The number of cyclic esters (lactones) is 1. The summed E-state index contributed by atoms with van der Waals surface area (Å²) in [5, 5.41) is 3.46. The number of fused-ring (bicyclic) bond motifs is 1. The van der Waals surface area contributed by atoms with Crippen molar-refractivity contribution in [3.8, 4) is 0 Å². The lowest BCUT2D eigenvalue weighted by Gasteiger charge is -2.26. The Morgan fingerprint density at radius 1 is 1.32 bits per heavy atom. The van der Waals surface area contributed by atoms with Gasteiger partial charge >= 0.3 is 6.09 Å². The minimum atomic E-state index is -0.219. The van der Waals surface area contributed by atoms with E-state index < -0.39 is 0 Å². The van der Waals surface area contributed by atoms with E-state index in [1.807, 2.05) is 0 Å². The Bertz CT molecular complexity index is 513. The SMILES string of the molecule is O=C1OCCCN1c1ccc(C23CNCC2C3)cc1. The van der Waals surface area contributed by atoms with Crippen LogP contribution in [0.15, 0.2) is 24.3 Å². The van der Waals surface area contributed by atoms with E-state index in [0.717, 1.165) is 37.7 Å². The molecule has 2 atom stereocenters. The fourth-order valence-electron chi connectivity index (χ4n) is 3.55. The molecule has 3 fully saturated rings. The maximum absolute atomic E-state index is 11.7. The van der Waals surface area contributed by atoms with Crippen LogP contribution < -0.4 is 10.2 Å². The lowest BCUT2D eigenvalue weighted by Crippen LogP contribution is -2.37. The highest BCUT2D eigenvalue weighted by Gasteiger charge is 2.57. The Balaban J connectivity index is 1.57. The molecule has 0 aromatic heterocycles. The molecule has 0 spiro atoms. The lowest BCUT2D eigenvalue weighted by atomic mass is 9.95. The number of nitrogens with zero attached hydrogens (tertiary/aromatic N) is 1. The van der Waals surface area contributed by atoms with Gasteiger partial charge < -0.3 is 10.1 Å². The molecule has 1 saturated carbocycles. The first-order chi connectivity index (χ1) is 9.29. The van der Waals surface area contributed by atoms with Crippen molar-refractivity contribution in [2.24, 2.45) is 5.92 Å². The normalized spacial score (nSPS) is 32.9. The summed E-state index contributed by atoms with van der Waals surface area (Å²) in [6, 6.07) is 8.49. The van der Waals surface area contributed by atoms with Crippen LogP contribution in [0.5, 0.6) is 0 Å². The molecule has 3 aliphatic rings. The van der Waals surface area contributed by atoms with Crippen LogP contribution in [-0.2, 0) is 10.2 Å². The standard InChI is InChI=1S/C15H18N2O2/c18-14-17(6-1-7-19-14)13-4-2-11(3-5-13)15-8-12(15)9-16-10-15/h2-5,12,16H,1,6-10H2. The summed E-state index contributed by atoms with van der Waals surface area (Å²) in [6.07, 6.45) is 2.00. The molecule has 1 aliphatic carbocycles. The van der Waals surface area contributed by atoms with E-state index in [1.54, 1.807) is 4.90 Å². The van der Waals surface area contributed by atoms with Crippen molar-refractivity contribution in [2.45, 2.75) is 18.3 Å². The molecular formula is C15H18N2O2. The van der Waals surface area contributed by atoms with Crippen molar-refractivity contribution in [1.29, 1.82) is 0 Å². The Morgan fingerprint density at radius 2 is 2.16 bits per heavy atom. The highest BCUT2D eigenvalue weighted by atomic mass is 16.6. The van der Waals surface area contributed by atoms with Crippen molar-refractivity contribution in [3.63, 3.8) is 0 Å². The number of carbonyl (C=O) groups is 1. The third-order valence-corrected chi connectivity index (χ3v) is 4.79. The first-order valence-electron chi connectivity index (χ1n) is 7.05. The third kappa shape index (κ3) is 1.66. The number of benzene rings is 1. The molecule has 0 bridgehead atoms. The van der Waals surface area contributed by atoms with E-state index >= 15 is 0 Å². The predicted molar refractivity (Wildman–Crippen MR) is 72.4 cm³/mol. The van der Waals surface area contributed by atoms with Crippen molar-refractivity contribution in [3.05, 3.63) is 29.8 Å². The fourth-order valence-corrected chi connectivity index (χ4v) is 3.55. The van der Waals surface area contributed by atoms with Crippen LogP contribution in [0.25, 0.3) is 0 Å². The number of piperidine rings is 1. The third-order valence-electron chi connectivity index (χ3n) is 4.79. The van der Waals surface area contributed by atoms with Crippen LogP contribution in [0, 0.1) is 5.92 Å². The largest absolute Gasteiger partial charge is 0.449 e. The van der Waals surface area contributed by atoms with Crippen LogP contribution in [0.2, 0.25) is 0 Å². The molecule has 2 unspecified atom stereocenters. The quantitative estimate of drug-likeness (QED) is 0.881. The summed E-state index contributed by atoms with van der Waals surface area (Å²) >= 11 is 0. The van der Waals surface area contributed by atoms with Gasteiger partial charge in [-0.2, -0.15) is 0 Å². The average Bonchev–Trinajstić information content (AvgIpc) is 3.02. The van der Waals surface area contributed by atoms with E-state index in [9.17, 15) is 4.79 Å². The molecule has 1 N–H and O–H groups in total. The first kappa shape index (κ1) is 11.3. The van der Waals surface area contributed by atoms with Gasteiger partial charge in [-0.15, -0.1) is 0 Å². The minimum absolute atomic E-state index is 0.219. The molecule has 4 rings (SSSR count). The second-order valence-electron chi connectivity index (χ2n) is 5.85. The minimum Gasteiger partial charge on any atom is -0.449 e. The molecule has 0 radical (unpaired) electrons. The molecule has 100 valence electrons. The summed E-state index contributed by atoms with van der Waals surface area (Å²) in [4.78, 5) is 13.4. The van der Waals surface area contributed by atoms with Gasteiger partial charge in [0.25, 0.3) is 0 Å². The highest BCUT2D eigenvalue weighted by Crippen LogP contribution is 2.56. The molecular weight excluding hydrogens is 240 g/mol. The number of carbonyl (C=O) groups excluding carboxylic acids is 1. The second-order valence-corrected chi connectivity index (χ2v) is 5.85. The maximum Gasteiger partial charge on any atom is 0.414 e. The summed E-state index contributed by atoms with van der Waals surface area (Å²) in [7, 11) is 0. The zero-order chi connectivity index (χ0) is 12.9. The van der Waals surface area contributed by atoms with Crippen LogP contribution in [0.1, 0.15) is 18.4 Å². The van der Waals surface area contributed by atoms with Gasteiger partial charge in [0.1, 0.15) is 0 Å². The topological polar surface area (TPSA) is 41.6 Å². The number of hydrogen-bond acceptors (Lipinski definition) is 3. The maximum atomic E-state index is 11.7. The Hall–Kier alpha value is -1.55. The van der Waals surface area contributed by atoms with E-state index in [0.29, 0.717) is 12.0 Å². The van der Waals surface area contributed by atoms with E-state index in [1.165, 1.54) is 12.0 Å². The van der Waals surface area contributed by atoms with Crippen LogP contribution in [-0.4, -0.2) is 32.3 Å². The first-order valence-corrected chi connectivity index (χ1v) is 7.05. The number of anilines is 1. The van der Waals surface area contributed by atoms with Gasteiger partial charge in [-0.25, -0.2) is 4.79 Å². The van der Waals surface area contributed by atoms with Gasteiger partial charge in [0.05, 0.1) is 6.61 Å². The molecule has 4 heteroatoms. The number of amides is 1. The molecule has 4 nitrogen and oxygen atoms in total. The fraction of sp³-hybridized carbons (Fsp3) is 0.533. The van der Waals surface area contributed by atoms with E-state index in [4.69, 9.17) is 4.74 Å². The average molecular weight is 258 g/mol. The molecule has 19 heavy (non-hydrogen) atoms. The molecule has 2 heterocycles. The van der Waals surface area contributed by atoms with Crippen molar-refractivity contribution in [1.82, 2.24) is 5.32 Å². The zero-order valence-corrected chi connectivity index (χ0v) is 10.9. The predicted octanol–water partition coefficient (Wildman–Crippen LogP) is 1.89. The van der Waals surface area contributed by atoms with Crippen LogP contribution in [0.4, 0.5) is 10.5 Å². The van der Waals surface area contributed by atoms with Gasteiger partial charge in [-0.3, -0.25) is 4.90 Å². The zero-order valence-electron chi connectivity index (χ0n) is 10.9. The molecule has 2 aliphatic heterocycles. The number of ether oxygens (including phenoxy) is 1. The number of hydrogen-bond donors (Lipinski definition) is 1. The van der Waals surface area contributed by atoms with Gasteiger partial charge in [0.2, 0.25) is 0 Å². The molecule has 1 aromatic carbocycles. The van der Waals surface area contributed by atoms with E-state index in [2.05, 4.69) is 29.6 Å². The summed E-state index contributed by atoms with van der Waals surface area (Å²) in [6.45, 7) is 3.56. The van der Waals surface area contributed by atoms with Gasteiger partial charge in [-0.05, 0) is 43.0 Å². The summed E-state index contributed by atoms with van der Waals surface area (Å²) in [5.74, 6) is 0.818. The number of nitrogens with one attached hydrogen (secondary N) is 1. The van der Waals surface area contributed by atoms with Crippen molar-refractivity contribution >= 4 is 11.8 Å². The number of rotatable bonds is 2. The Morgan fingerprint density at radius 3 is 2.79 bits per heavy atom. The monoisotopic (exact) mass is 258 g/mol. The van der Waals surface area contributed by atoms with Crippen molar-refractivity contribution < 1.29 is 9.53 Å². The molecule has 1 amide bonds. The lowest BCUT2D eigenvalue weighted by molar-refractivity contribution is 0.140. The van der Waals surface area contributed by atoms with E-state index in [-0.39, 0.29) is 6.09 Å². The Kier molecular flexibility index (Phi) is 2.36. The smallest absolute Gasteiger partial charge is 0.414 e. The van der Waals surface area contributed by atoms with Crippen LogP contribution >= 0.6 is 0 Å².